The predicted octanol–water partition coefficient (Wildman–Crippen LogP) is 2.45. The Morgan fingerprint density at radius 2 is 1.88 bits per heavy atom. The van der Waals surface area contributed by atoms with E-state index in [0.29, 0.717) is 0 Å². The van der Waals surface area contributed by atoms with Crippen LogP contribution in [0.4, 0.5) is 5.69 Å². The Balaban J connectivity index is 2.63. The van der Waals surface area contributed by atoms with Gasteiger partial charge in [0.15, 0.2) is 0 Å². The number of nitrogen functional groups attached to an aromatic ring is 1. The lowest BCUT2D eigenvalue weighted by Gasteiger charge is -2.20. The number of nitrogens with one attached hydrogen (secondary N) is 1. The maximum atomic E-state index is 7.31. The van der Waals surface area contributed by atoms with Crippen molar-refractivity contribution >= 4 is 11.5 Å². The molecule has 0 bridgehead atoms. The Labute approximate surface area is 97.8 Å². The van der Waals surface area contributed by atoms with E-state index in [1.54, 1.807) is 0 Å². The molecule has 0 saturated heterocycles. The Morgan fingerprint density at radius 1 is 1.31 bits per heavy atom. The van der Waals surface area contributed by atoms with Gasteiger partial charge in [0.2, 0.25) is 0 Å². The maximum absolute atomic E-state index is 7.31. The number of anilines is 1. The molecule has 0 aliphatic carbocycles. The average Bonchev–Trinajstić information content (AvgIpc) is 2.26. The minimum absolute atomic E-state index is 0.122. The Bertz CT molecular complexity index is 341. The van der Waals surface area contributed by atoms with Crippen molar-refractivity contribution in [2.75, 3.05) is 18.5 Å². The molecular formula is C13H21N3. The van der Waals surface area contributed by atoms with Crippen LogP contribution in [-0.2, 0) is 0 Å². The van der Waals surface area contributed by atoms with E-state index in [1.807, 2.05) is 24.3 Å². The van der Waals surface area contributed by atoms with Crippen LogP contribution in [-0.4, -0.2) is 19.4 Å². The number of nitrogens with zero attached hydrogens (tertiary/aromatic N) is 1. The van der Waals surface area contributed by atoms with E-state index < -0.39 is 0 Å². The molecule has 88 valence electrons. The number of hydrogen-bond donors (Lipinski definition) is 2. The van der Waals surface area contributed by atoms with Gasteiger partial charge in [-0.3, -0.25) is 5.41 Å². The van der Waals surface area contributed by atoms with Crippen molar-refractivity contribution in [3.05, 3.63) is 29.8 Å². The van der Waals surface area contributed by atoms with Crippen molar-refractivity contribution < 1.29 is 0 Å². The second-order valence-electron chi connectivity index (χ2n) is 4.56. The number of benzene rings is 1. The molecule has 0 fully saturated rings. The van der Waals surface area contributed by atoms with Crippen LogP contribution in [0.3, 0.4) is 0 Å². The van der Waals surface area contributed by atoms with E-state index in [-0.39, 0.29) is 5.84 Å². The van der Waals surface area contributed by atoms with Gasteiger partial charge in [-0.1, -0.05) is 13.8 Å². The second-order valence-corrected chi connectivity index (χ2v) is 4.56. The molecule has 1 rings (SSSR count). The van der Waals surface area contributed by atoms with Crippen LogP contribution in [0.5, 0.6) is 0 Å². The highest BCUT2D eigenvalue weighted by Crippen LogP contribution is 2.14. The third-order valence-electron chi connectivity index (χ3n) is 2.66. The lowest BCUT2D eigenvalue weighted by molar-refractivity contribution is 0.585. The minimum Gasteiger partial charge on any atom is -0.384 e. The van der Waals surface area contributed by atoms with Crippen LogP contribution < -0.4 is 10.6 Å². The lowest BCUT2D eigenvalue weighted by Crippen LogP contribution is -2.20. The van der Waals surface area contributed by atoms with Crippen LogP contribution in [0.15, 0.2) is 24.3 Å². The molecule has 0 heterocycles. The number of hydrogen-bond acceptors (Lipinski definition) is 2. The van der Waals surface area contributed by atoms with Gasteiger partial charge in [-0.15, -0.1) is 0 Å². The molecule has 0 spiro atoms. The summed E-state index contributed by atoms with van der Waals surface area (Å²) in [6.45, 7) is 5.51. The number of rotatable bonds is 5. The third kappa shape index (κ3) is 3.57. The second kappa shape index (κ2) is 5.54. The fraction of sp³-hybridized carbons (Fsp3) is 0.462. The summed E-state index contributed by atoms with van der Waals surface area (Å²) >= 11 is 0. The molecule has 0 amide bonds. The van der Waals surface area contributed by atoms with Crippen molar-refractivity contribution in [3.8, 4) is 0 Å². The Kier molecular flexibility index (Phi) is 4.35. The normalized spacial score (nSPS) is 10.5. The minimum atomic E-state index is 0.122. The Morgan fingerprint density at radius 3 is 2.31 bits per heavy atom. The van der Waals surface area contributed by atoms with Crippen molar-refractivity contribution in [1.29, 1.82) is 5.41 Å². The lowest BCUT2D eigenvalue weighted by atomic mass is 10.1. The van der Waals surface area contributed by atoms with Crippen LogP contribution in [0.1, 0.15) is 25.8 Å². The highest BCUT2D eigenvalue weighted by molar-refractivity contribution is 5.95. The maximum Gasteiger partial charge on any atom is 0.122 e. The van der Waals surface area contributed by atoms with Crippen molar-refractivity contribution in [3.63, 3.8) is 0 Å². The van der Waals surface area contributed by atoms with Crippen molar-refractivity contribution in [2.24, 2.45) is 11.7 Å². The van der Waals surface area contributed by atoms with Crippen molar-refractivity contribution in [1.82, 2.24) is 0 Å². The van der Waals surface area contributed by atoms with Crippen LogP contribution in [0.25, 0.3) is 0 Å². The fourth-order valence-electron chi connectivity index (χ4n) is 1.48. The van der Waals surface area contributed by atoms with Crippen LogP contribution in [0.2, 0.25) is 0 Å². The SMILES string of the molecule is CC(C)CCN(C)c1ccc(C(=N)N)cc1. The van der Waals surface area contributed by atoms with E-state index in [2.05, 4.69) is 25.8 Å². The quantitative estimate of drug-likeness (QED) is 0.590. The molecule has 3 nitrogen and oxygen atoms in total. The molecule has 0 aromatic heterocycles. The van der Waals surface area contributed by atoms with Gasteiger partial charge >= 0.3 is 0 Å². The van der Waals surface area contributed by atoms with E-state index in [4.69, 9.17) is 11.1 Å². The summed E-state index contributed by atoms with van der Waals surface area (Å²) < 4.78 is 0. The van der Waals surface area contributed by atoms with Gasteiger partial charge in [0, 0.05) is 24.8 Å². The molecule has 0 aliphatic heterocycles. The molecule has 3 heteroatoms. The van der Waals surface area contributed by atoms with Gasteiger partial charge in [-0.2, -0.15) is 0 Å². The predicted molar refractivity (Wildman–Crippen MR) is 70.2 cm³/mol. The summed E-state index contributed by atoms with van der Waals surface area (Å²) in [7, 11) is 2.09. The topological polar surface area (TPSA) is 53.1 Å². The van der Waals surface area contributed by atoms with Gasteiger partial charge in [-0.05, 0) is 36.6 Å². The third-order valence-corrected chi connectivity index (χ3v) is 2.66. The van der Waals surface area contributed by atoms with Gasteiger partial charge in [0.25, 0.3) is 0 Å². The molecule has 0 aliphatic rings. The molecule has 0 unspecified atom stereocenters. The zero-order chi connectivity index (χ0) is 12.1. The van der Waals surface area contributed by atoms with Gasteiger partial charge in [-0.25, -0.2) is 0 Å². The first-order valence-electron chi connectivity index (χ1n) is 5.66. The van der Waals surface area contributed by atoms with Gasteiger partial charge in [0.1, 0.15) is 5.84 Å². The largest absolute Gasteiger partial charge is 0.384 e. The smallest absolute Gasteiger partial charge is 0.122 e. The van der Waals surface area contributed by atoms with Crippen LogP contribution >= 0.6 is 0 Å². The standard InChI is InChI=1S/C13H21N3/c1-10(2)8-9-16(3)12-6-4-11(5-7-12)13(14)15/h4-7,10H,8-9H2,1-3H3,(H3,14,15). The summed E-state index contributed by atoms with van der Waals surface area (Å²) in [6, 6.07) is 7.81. The summed E-state index contributed by atoms with van der Waals surface area (Å²) in [6.07, 6.45) is 1.19. The van der Waals surface area contributed by atoms with E-state index in [0.717, 1.165) is 18.0 Å². The summed E-state index contributed by atoms with van der Waals surface area (Å²) in [5.74, 6) is 0.843. The first kappa shape index (κ1) is 12.6. The fourth-order valence-corrected chi connectivity index (χ4v) is 1.48. The molecule has 0 saturated carbocycles. The molecule has 0 atom stereocenters. The highest BCUT2D eigenvalue weighted by Gasteiger charge is 2.03. The van der Waals surface area contributed by atoms with E-state index in [1.165, 1.54) is 12.1 Å². The summed E-state index contributed by atoms with van der Waals surface area (Å²) in [5, 5.41) is 7.31. The van der Waals surface area contributed by atoms with E-state index in [9.17, 15) is 0 Å². The molecule has 0 radical (unpaired) electrons. The molecular weight excluding hydrogens is 198 g/mol. The zero-order valence-corrected chi connectivity index (χ0v) is 10.3. The number of amidine groups is 1. The zero-order valence-electron chi connectivity index (χ0n) is 10.3. The highest BCUT2D eigenvalue weighted by atomic mass is 15.1. The van der Waals surface area contributed by atoms with Crippen LogP contribution in [0, 0.1) is 11.3 Å². The van der Waals surface area contributed by atoms with Crippen molar-refractivity contribution in [2.45, 2.75) is 20.3 Å². The molecule has 16 heavy (non-hydrogen) atoms. The Hall–Kier alpha value is -1.51. The molecule has 1 aromatic carbocycles. The molecule has 1 aromatic rings. The van der Waals surface area contributed by atoms with Gasteiger partial charge < -0.3 is 10.6 Å². The monoisotopic (exact) mass is 219 g/mol. The summed E-state index contributed by atoms with van der Waals surface area (Å²) in [4.78, 5) is 2.23. The first-order valence-corrected chi connectivity index (χ1v) is 5.66. The molecule has 3 N–H and O–H groups in total. The average molecular weight is 219 g/mol. The van der Waals surface area contributed by atoms with E-state index >= 15 is 0 Å². The first-order chi connectivity index (χ1) is 7.50. The summed E-state index contributed by atoms with van der Waals surface area (Å²) in [5.41, 5.74) is 7.36. The number of nitrogens with two attached hydrogens (primary N) is 1. The van der Waals surface area contributed by atoms with Gasteiger partial charge in [0.05, 0.1) is 0 Å².